The van der Waals surface area contributed by atoms with Crippen molar-refractivity contribution in [1.29, 1.82) is 5.53 Å². The van der Waals surface area contributed by atoms with E-state index < -0.39 is 0 Å². The molecule has 2 fully saturated rings. The molecule has 146 valence electrons. The number of hydrogen-bond donors (Lipinski definition) is 5. The number of hydrazine groups is 1. The van der Waals surface area contributed by atoms with Crippen LogP contribution in [0.5, 0.6) is 0 Å². The van der Waals surface area contributed by atoms with E-state index >= 15 is 0 Å². The summed E-state index contributed by atoms with van der Waals surface area (Å²) in [6.07, 6.45) is 8.81. The number of nitrogens with zero attached hydrogens (tertiary/aromatic N) is 2. The zero-order valence-corrected chi connectivity index (χ0v) is 15.4. The van der Waals surface area contributed by atoms with E-state index in [4.69, 9.17) is 21.8 Å². The molecular weight excluding hydrogens is 334 g/mol. The van der Waals surface area contributed by atoms with E-state index in [-0.39, 0.29) is 17.7 Å². The predicted molar refractivity (Wildman–Crippen MR) is 98.3 cm³/mol. The fourth-order valence-corrected chi connectivity index (χ4v) is 3.44. The molecular formula is C17H31N7O2. The van der Waals surface area contributed by atoms with Gasteiger partial charge < -0.3 is 26.1 Å². The lowest BCUT2D eigenvalue weighted by Gasteiger charge is -2.18. The molecule has 26 heavy (non-hydrogen) atoms. The van der Waals surface area contributed by atoms with E-state index in [0.717, 1.165) is 32.1 Å². The van der Waals surface area contributed by atoms with Crippen LogP contribution in [-0.2, 0) is 9.53 Å². The molecule has 3 atom stereocenters. The molecule has 0 saturated carbocycles. The van der Waals surface area contributed by atoms with Crippen molar-refractivity contribution < 1.29 is 9.53 Å². The molecule has 1 amide bonds. The Morgan fingerprint density at radius 2 is 2.23 bits per heavy atom. The van der Waals surface area contributed by atoms with E-state index in [1.165, 1.54) is 6.20 Å². The van der Waals surface area contributed by atoms with Gasteiger partial charge in [-0.2, -0.15) is 5.11 Å². The Morgan fingerprint density at radius 1 is 1.42 bits per heavy atom. The van der Waals surface area contributed by atoms with E-state index in [2.05, 4.69) is 15.7 Å². The molecule has 9 nitrogen and oxygen atoms in total. The molecule has 9 heteroatoms. The highest BCUT2D eigenvalue weighted by Crippen LogP contribution is 2.38. The first-order chi connectivity index (χ1) is 12.5. The average Bonchev–Trinajstić information content (AvgIpc) is 3.21. The third kappa shape index (κ3) is 6.30. The lowest BCUT2D eigenvalue weighted by molar-refractivity contribution is -0.117. The van der Waals surface area contributed by atoms with E-state index in [9.17, 15) is 4.79 Å². The van der Waals surface area contributed by atoms with Crippen LogP contribution in [-0.4, -0.2) is 42.8 Å². The molecule has 0 radical (unpaired) electrons. The third-order valence-corrected chi connectivity index (χ3v) is 4.71. The highest BCUT2D eigenvalue weighted by Gasteiger charge is 2.40. The quantitative estimate of drug-likeness (QED) is 0.121. The number of nitrogens with one attached hydrogen (secondary N) is 3. The Bertz CT molecular complexity index is 545. The second-order valence-corrected chi connectivity index (χ2v) is 6.99. The zero-order chi connectivity index (χ0) is 18.9. The van der Waals surface area contributed by atoms with Gasteiger partial charge in [0, 0.05) is 43.6 Å². The molecule has 2 aliphatic heterocycles. The van der Waals surface area contributed by atoms with Gasteiger partial charge in [0.05, 0.1) is 12.2 Å². The standard InChI is InChI=1S/C17H31N7O2/c1-12(18)11-24(20)7-3-2-6-21-10-15(23-19)17(25)22-9-13-8-14-4-5-16(13)26-14/h10-11,13-14,16,19,21H,2-9,18,20H2,1H3,(H,22,25)/b12-11-,15-10-,23-19?. The summed E-state index contributed by atoms with van der Waals surface area (Å²) in [7, 11) is 0. The molecule has 2 bridgehead atoms. The van der Waals surface area contributed by atoms with Crippen LogP contribution < -0.4 is 22.2 Å². The van der Waals surface area contributed by atoms with Gasteiger partial charge in [0.25, 0.3) is 5.91 Å². The summed E-state index contributed by atoms with van der Waals surface area (Å²) in [6.45, 7) is 3.73. The van der Waals surface area contributed by atoms with Crippen LogP contribution in [0.25, 0.3) is 0 Å². The van der Waals surface area contributed by atoms with Crippen molar-refractivity contribution in [3.05, 3.63) is 23.8 Å². The second-order valence-electron chi connectivity index (χ2n) is 6.99. The SMILES string of the molecule is C/C(N)=C/N(N)CCCCN/C=C(\N=N)C(=O)NCC1CC2CCC1O2. The highest BCUT2D eigenvalue weighted by molar-refractivity contribution is 5.92. The minimum atomic E-state index is -0.327. The topological polar surface area (TPSA) is 142 Å². The maximum Gasteiger partial charge on any atom is 0.273 e. The summed E-state index contributed by atoms with van der Waals surface area (Å²) in [5.41, 5.74) is 13.5. The maximum atomic E-state index is 12.1. The van der Waals surface area contributed by atoms with Crippen molar-refractivity contribution in [3.63, 3.8) is 0 Å². The van der Waals surface area contributed by atoms with Crippen molar-refractivity contribution in [3.8, 4) is 0 Å². The molecule has 0 aromatic rings. The Hall–Kier alpha value is -2.13. The summed E-state index contributed by atoms with van der Waals surface area (Å²) in [6, 6.07) is 0. The minimum absolute atomic E-state index is 0.0798. The van der Waals surface area contributed by atoms with Gasteiger partial charge in [-0.3, -0.25) is 4.79 Å². The van der Waals surface area contributed by atoms with Crippen molar-refractivity contribution in [1.82, 2.24) is 15.6 Å². The molecule has 0 aromatic carbocycles. The van der Waals surface area contributed by atoms with E-state index in [0.29, 0.717) is 37.4 Å². The normalized spacial score (nSPS) is 25.2. The van der Waals surface area contributed by atoms with Crippen molar-refractivity contribution in [2.75, 3.05) is 19.6 Å². The van der Waals surface area contributed by atoms with Gasteiger partial charge in [-0.15, -0.1) is 0 Å². The summed E-state index contributed by atoms with van der Waals surface area (Å²) in [5, 5.41) is 10.8. The number of carbonyl (C=O) groups is 1. The molecule has 3 unspecified atom stereocenters. The molecule has 2 rings (SSSR count). The van der Waals surface area contributed by atoms with Crippen LogP contribution in [0.1, 0.15) is 39.0 Å². The Balaban J connectivity index is 1.61. The number of ether oxygens (including phenoxy) is 1. The summed E-state index contributed by atoms with van der Waals surface area (Å²) in [5.74, 6) is 5.80. The minimum Gasteiger partial charge on any atom is -0.401 e. The van der Waals surface area contributed by atoms with Crippen LogP contribution in [0.4, 0.5) is 0 Å². The fraction of sp³-hybridized carbons (Fsp3) is 0.706. The number of allylic oxidation sites excluding steroid dienone is 1. The average molecular weight is 365 g/mol. The first kappa shape index (κ1) is 20.2. The number of fused-ring (bicyclic) bond motifs is 2. The van der Waals surface area contributed by atoms with Crippen LogP contribution in [0.3, 0.4) is 0 Å². The van der Waals surface area contributed by atoms with Gasteiger partial charge >= 0.3 is 0 Å². The Morgan fingerprint density at radius 3 is 2.85 bits per heavy atom. The first-order valence-electron chi connectivity index (χ1n) is 9.19. The number of rotatable bonds is 11. The van der Waals surface area contributed by atoms with Gasteiger partial charge in [-0.1, -0.05) is 0 Å². The van der Waals surface area contributed by atoms with E-state index in [1.807, 2.05) is 0 Å². The smallest absolute Gasteiger partial charge is 0.273 e. The maximum absolute atomic E-state index is 12.1. The highest BCUT2D eigenvalue weighted by atomic mass is 16.5. The number of unbranched alkanes of at least 4 members (excludes halogenated alkanes) is 1. The number of amides is 1. The summed E-state index contributed by atoms with van der Waals surface area (Å²) in [4.78, 5) is 12.1. The van der Waals surface area contributed by atoms with Crippen LogP contribution in [0.2, 0.25) is 0 Å². The van der Waals surface area contributed by atoms with Crippen molar-refractivity contribution >= 4 is 5.91 Å². The number of carbonyl (C=O) groups excluding carboxylic acids is 1. The molecule has 7 N–H and O–H groups in total. The van der Waals surface area contributed by atoms with Crippen molar-refractivity contribution in [2.24, 2.45) is 22.6 Å². The molecule has 0 aromatic heterocycles. The second kappa shape index (κ2) is 10.1. The van der Waals surface area contributed by atoms with Gasteiger partial charge in [-0.05, 0) is 39.0 Å². The van der Waals surface area contributed by atoms with Gasteiger partial charge in [-0.25, -0.2) is 11.4 Å². The van der Waals surface area contributed by atoms with Crippen LogP contribution in [0, 0.1) is 11.4 Å². The molecule has 0 aliphatic carbocycles. The lowest BCUT2D eigenvalue weighted by Crippen LogP contribution is -2.34. The van der Waals surface area contributed by atoms with E-state index in [1.54, 1.807) is 18.1 Å². The van der Waals surface area contributed by atoms with Gasteiger partial charge in [0.15, 0.2) is 5.70 Å². The first-order valence-corrected chi connectivity index (χ1v) is 9.19. The number of nitrogens with two attached hydrogens (primary N) is 2. The Labute approximate surface area is 154 Å². The third-order valence-electron chi connectivity index (χ3n) is 4.71. The van der Waals surface area contributed by atoms with Crippen LogP contribution in [0.15, 0.2) is 28.9 Å². The van der Waals surface area contributed by atoms with Crippen molar-refractivity contribution in [2.45, 2.75) is 51.2 Å². The van der Waals surface area contributed by atoms with Crippen LogP contribution >= 0.6 is 0 Å². The Kier molecular flexibility index (Phi) is 7.86. The summed E-state index contributed by atoms with van der Waals surface area (Å²) < 4.78 is 5.78. The fourth-order valence-electron chi connectivity index (χ4n) is 3.44. The molecule has 0 spiro atoms. The molecule has 2 heterocycles. The van der Waals surface area contributed by atoms with Gasteiger partial charge in [0.2, 0.25) is 0 Å². The number of hydrogen-bond acceptors (Lipinski definition) is 8. The summed E-state index contributed by atoms with van der Waals surface area (Å²) >= 11 is 0. The zero-order valence-electron chi connectivity index (χ0n) is 15.4. The monoisotopic (exact) mass is 365 g/mol. The molecule has 2 aliphatic rings. The largest absolute Gasteiger partial charge is 0.401 e. The lowest BCUT2D eigenvalue weighted by atomic mass is 9.89. The van der Waals surface area contributed by atoms with Gasteiger partial charge in [0.1, 0.15) is 0 Å². The predicted octanol–water partition coefficient (Wildman–Crippen LogP) is 0.908. The molecule has 2 saturated heterocycles.